The summed E-state index contributed by atoms with van der Waals surface area (Å²) in [5, 5.41) is 0.751. The fourth-order valence-corrected chi connectivity index (χ4v) is 3.63. The van der Waals surface area contributed by atoms with Gasteiger partial charge in [-0.15, -0.1) is 0 Å². The van der Waals surface area contributed by atoms with Crippen LogP contribution in [0.3, 0.4) is 0 Å². The molecule has 0 saturated heterocycles. The van der Waals surface area contributed by atoms with Crippen LogP contribution in [0.15, 0.2) is 53.5 Å². The van der Waals surface area contributed by atoms with Crippen LogP contribution in [0, 0.1) is 19.7 Å². The molecule has 30 heavy (non-hydrogen) atoms. The number of halogens is 1. The van der Waals surface area contributed by atoms with Gasteiger partial charge in [-0.25, -0.2) is 4.39 Å². The van der Waals surface area contributed by atoms with E-state index in [9.17, 15) is 9.18 Å². The van der Waals surface area contributed by atoms with Gasteiger partial charge in [-0.05, 0) is 43.2 Å². The predicted molar refractivity (Wildman–Crippen MR) is 116 cm³/mol. The number of aryl methyl sites for hydroxylation is 2. The minimum Gasteiger partial charge on any atom is -0.496 e. The number of hydrogen-bond acceptors (Lipinski definition) is 4. The summed E-state index contributed by atoms with van der Waals surface area (Å²) in [6, 6.07) is 13.1. The van der Waals surface area contributed by atoms with Crippen LogP contribution in [0.2, 0.25) is 0 Å². The van der Waals surface area contributed by atoms with Crippen molar-refractivity contribution in [1.82, 2.24) is 9.97 Å². The summed E-state index contributed by atoms with van der Waals surface area (Å²) >= 11 is 0. The molecular formula is C24H21FN2O3. The first-order chi connectivity index (χ1) is 14.4. The minimum atomic E-state index is -0.648. The standard InChI is InChI=1S/C24H21FN2O3/c1-13-5-7-15(8-6-13)16-10-19-21(26-12-16)17(9-14(2)22(19)29-3)18-11-20(25)24(30-4)27-23(18)28/h5-12H,1-4H3,(H,27,28). The van der Waals surface area contributed by atoms with Crippen LogP contribution in [0.5, 0.6) is 11.6 Å². The third-order valence-electron chi connectivity index (χ3n) is 5.15. The lowest BCUT2D eigenvalue weighted by molar-refractivity contribution is 0.368. The fraction of sp³-hybridized carbons (Fsp3) is 0.167. The third kappa shape index (κ3) is 3.30. The predicted octanol–water partition coefficient (Wildman–Crippen LogP) is 5.03. The molecule has 0 aliphatic heterocycles. The molecule has 0 amide bonds. The Kier molecular flexibility index (Phi) is 4.99. The molecule has 0 fully saturated rings. The number of pyridine rings is 2. The number of H-pyrrole nitrogens is 1. The summed E-state index contributed by atoms with van der Waals surface area (Å²) in [4.78, 5) is 19.7. The number of aromatic nitrogens is 2. The highest BCUT2D eigenvalue weighted by Gasteiger charge is 2.18. The Hall–Kier alpha value is -3.67. The van der Waals surface area contributed by atoms with E-state index in [1.807, 2.05) is 44.2 Å². The van der Waals surface area contributed by atoms with Crippen LogP contribution in [-0.4, -0.2) is 24.2 Å². The van der Waals surface area contributed by atoms with Crippen molar-refractivity contribution in [2.45, 2.75) is 13.8 Å². The lowest BCUT2D eigenvalue weighted by atomic mass is 9.97. The second-order valence-corrected chi connectivity index (χ2v) is 7.15. The second-order valence-electron chi connectivity index (χ2n) is 7.15. The first kappa shape index (κ1) is 19.6. The van der Waals surface area contributed by atoms with E-state index in [0.29, 0.717) is 16.8 Å². The van der Waals surface area contributed by atoms with Crippen molar-refractivity contribution >= 4 is 10.9 Å². The van der Waals surface area contributed by atoms with E-state index in [2.05, 4.69) is 9.97 Å². The average molecular weight is 404 g/mol. The van der Waals surface area contributed by atoms with E-state index in [-0.39, 0.29) is 11.4 Å². The van der Waals surface area contributed by atoms with Gasteiger partial charge in [0, 0.05) is 22.7 Å². The molecule has 0 spiro atoms. The summed E-state index contributed by atoms with van der Waals surface area (Å²) in [6.07, 6.45) is 1.75. The van der Waals surface area contributed by atoms with Crippen LogP contribution in [0.1, 0.15) is 11.1 Å². The van der Waals surface area contributed by atoms with Gasteiger partial charge >= 0.3 is 0 Å². The Morgan fingerprint density at radius 3 is 2.33 bits per heavy atom. The SMILES string of the molecule is COc1[nH]c(=O)c(-c2cc(C)c(OC)c3cc(-c4ccc(C)cc4)cnc23)cc1F. The molecule has 2 aromatic carbocycles. The molecule has 0 aliphatic carbocycles. The third-order valence-corrected chi connectivity index (χ3v) is 5.15. The maximum absolute atomic E-state index is 14.3. The lowest BCUT2D eigenvalue weighted by Gasteiger charge is -2.14. The molecule has 1 N–H and O–H groups in total. The van der Waals surface area contributed by atoms with Crippen molar-refractivity contribution in [1.29, 1.82) is 0 Å². The molecule has 0 atom stereocenters. The van der Waals surface area contributed by atoms with Crippen LogP contribution >= 0.6 is 0 Å². The van der Waals surface area contributed by atoms with E-state index >= 15 is 0 Å². The molecular weight excluding hydrogens is 383 g/mol. The van der Waals surface area contributed by atoms with Crippen molar-refractivity contribution < 1.29 is 13.9 Å². The van der Waals surface area contributed by atoms with Crippen molar-refractivity contribution in [2.75, 3.05) is 14.2 Å². The molecule has 0 saturated carbocycles. The first-order valence-corrected chi connectivity index (χ1v) is 9.44. The molecule has 0 aliphatic rings. The van der Waals surface area contributed by atoms with Gasteiger partial charge in [0.2, 0.25) is 5.88 Å². The molecule has 4 aromatic rings. The lowest BCUT2D eigenvalue weighted by Crippen LogP contribution is -2.12. The van der Waals surface area contributed by atoms with E-state index in [0.717, 1.165) is 22.1 Å². The molecule has 4 rings (SSSR count). The highest BCUT2D eigenvalue weighted by Crippen LogP contribution is 2.37. The van der Waals surface area contributed by atoms with Crippen LogP contribution in [0.25, 0.3) is 33.2 Å². The number of methoxy groups -OCH3 is 2. The molecule has 2 heterocycles. The average Bonchev–Trinajstić information content (AvgIpc) is 2.74. The maximum Gasteiger partial charge on any atom is 0.258 e. The summed E-state index contributed by atoms with van der Waals surface area (Å²) < 4.78 is 24.8. The number of hydrogen-bond donors (Lipinski definition) is 1. The fourth-order valence-electron chi connectivity index (χ4n) is 3.63. The van der Waals surface area contributed by atoms with E-state index in [1.54, 1.807) is 19.4 Å². The quantitative estimate of drug-likeness (QED) is 0.518. The Labute approximate surface area is 173 Å². The number of nitrogens with zero attached hydrogens (tertiary/aromatic N) is 1. The van der Waals surface area contributed by atoms with E-state index in [1.165, 1.54) is 18.7 Å². The zero-order valence-corrected chi connectivity index (χ0v) is 17.2. The number of benzene rings is 2. The molecule has 6 heteroatoms. The van der Waals surface area contributed by atoms with Gasteiger partial charge < -0.3 is 9.47 Å². The number of ether oxygens (including phenoxy) is 2. The largest absolute Gasteiger partial charge is 0.496 e. The molecule has 0 radical (unpaired) electrons. The molecule has 2 aromatic heterocycles. The summed E-state index contributed by atoms with van der Waals surface area (Å²) in [5.74, 6) is -0.182. The minimum absolute atomic E-state index is 0.180. The summed E-state index contributed by atoms with van der Waals surface area (Å²) in [5.41, 5.74) is 4.75. The van der Waals surface area contributed by atoms with Crippen molar-refractivity contribution in [2.24, 2.45) is 0 Å². The highest BCUT2D eigenvalue weighted by atomic mass is 19.1. The van der Waals surface area contributed by atoms with Gasteiger partial charge in [0.25, 0.3) is 5.56 Å². The number of fused-ring (bicyclic) bond motifs is 1. The van der Waals surface area contributed by atoms with Gasteiger partial charge in [0.05, 0.1) is 25.3 Å². The van der Waals surface area contributed by atoms with Crippen LogP contribution in [-0.2, 0) is 0 Å². The Balaban J connectivity index is 2.00. The monoisotopic (exact) mass is 404 g/mol. The van der Waals surface area contributed by atoms with Gasteiger partial charge in [-0.1, -0.05) is 29.8 Å². The number of aromatic amines is 1. The zero-order valence-electron chi connectivity index (χ0n) is 17.2. The van der Waals surface area contributed by atoms with Gasteiger partial charge in [0.15, 0.2) is 5.82 Å². The van der Waals surface area contributed by atoms with Crippen LogP contribution in [0.4, 0.5) is 4.39 Å². The Morgan fingerprint density at radius 2 is 1.67 bits per heavy atom. The molecule has 0 bridgehead atoms. The topological polar surface area (TPSA) is 64.2 Å². The Morgan fingerprint density at radius 1 is 0.933 bits per heavy atom. The van der Waals surface area contributed by atoms with E-state index in [4.69, 9.17) is 9.47 Å². The first-order valence-electron chi connectivity index (χ1n) is 9.44. The normalized spacial score (nSPS) is 11.0. The van der Waals surface area contributed by atoms with Crippen molar-refractivity contribution in [3.8, 4) is 33.9 Å². The van der Waals surface area contributed by atoms with Crippen LogP contribution < -0.4 is 15.0 Å². The zero-order chi connectivity index (χ0) is 21.4. The molecule has 5 nitrogen and oxygen atoms in total. The van der Waals surface area contributed by atoms with Gasteiger partial charge in [-0.3, -0.25) is 14.8 Å². The smallest absolute Gasteiger partial charge is 0.258 e. The Bertz CT molecular complexity index is 1310. The van der Waals surface area contributed by atoms with Gasteiger partial charge in [-0.2, -0.15) is 0 Å². The second kappa shape index (κ2) is 7.63. The van der Waals surface area contributed by atoms with Crippen molar-refractivity contribution in [3.05, 3.63) is 76.0 Å². The van der Waals surface area contributed by atoms with Gasteiger partial charge in [0.1, 0.15) is 5.75 Å². The maximum atomic E-state index is 14.3. The molecule has 0 unspecified atom stereocenters. The summed E-state index contributed by atoms with van der Waals surface area (Å²) in [6.45, 7) is 3.92. The highest BCUT2D eigenvalue weighted by molar-refractivity contribution is 6.00. The number of nitrogens with one attached hydrogen (secondary N) is 1. The summed E-state index contributed by atoms with van der Waals surface area (Å²) in [7, 11) is 2.90. The van der Waals surface area contributed by atoms with E-state index < -0.39 is 11.4 Å². The molecule has 152 valence electrons. The number of rotatable bonds is 4. The van der Waals surface area contributed by atoms with Crippen molar-refractivity contribution in [3.63, 3.8) is 0 Å².